The Balaban J connectivity index is 2.67. The molecule has 1 fully saturated rings. The van der Waals surface area contributed by atoms with Gasteiger partial charge in [-0.25, -0.2) is 14.4 Å². The average molecular weight is 419 g/mol. The molecule has 1 unspecified atom stereocenters. The Morgan fingerprint density at radius 2 is 1.61 bits per heavy atom. The van der Waals surface area contributed by atoms with Crippen molar-refractivity contribution in [2.75, 3.05) is 6.61 Å². The molecule has 11 nitrogen and oxygen atoms in total. The van der Waals surface area contributed by atoms with Gasteiger partial charge in [-0.15, -0.1) is 5.06 Å². The third kappa shape index (κ3) is 7.59. The summed E-state index contributed by atoms with van der Waals surface area (Å²) >= 11 is 0. The van der Waals surface area contributed by atoms with Gasteiger partial charge in [-0.3, -0.25) is 14.4 Å². The molecular formula is C16H22NO10P. The monoisotopic (exact) mass is 419 g/mol. The molecule has 0 N–H and O–H groups in total. The number of hydrogen-bond donors (Lipinski definition) is 0. The predicted molar refractivity (Wildman–Crippen MR) is 92.7 cm³/mol. The second kappa shape index (κ2) is 10.7. The van der Waals surface area contributed by atoms with Crippen LogP contribution in [-0.4, -0.2) is 59.3 Å². The van der Waals surface area contributed by atoms with Gasteiger partial charge in [-0.1, -0.05) is 23.1 Å². The zero-order chi connectivity index (χ0) is 21.4. The SMILES string of the molecule is CC(=O)O[C@@H](CC(=O)ON1C(=O)CCC1=O)C(=O)O[C@@H](P)C(=O)OCC(C)C. The first-order chi connectivity index (χ1) is 13.0. The van der Waals surface area contributed by atoms with Crippen molar-refractivity contribution in [2.24, 2.45) is 5.92 Å². The summed E-state index contributed by atoms with van der Waals surface area (Å²) in [7, 11) is 1.95. The van der Waals surface area contributed by atoms with Gasteiger partial charge in [0.05, 0.1) is 13.0 Å². The van der Waals surface area contributed by atoms with Gasteiger partial charge >= 0.3 is 23.9 Å². The molecule has 0 aliphatic carbocycles. The molecular weight excluding hydrogens is 397 g/mol. The van der Waals surface area contributed by atoms with Gasteiger partial charge in [-0.2, -0.15) is 0 Å². The molecule has 1 aliphatic heterocycles. The number of esters is 3. The molecule has 0 aromatic rings. The van der Waals surface area contributed by atoms with Crippen LogP contribution in [0.5, 0.6) is 0 Å². The molecule has 0 spiro atoms. The zero-order valence-corrected chi connectivity index (χ0v) is 16.8. The molecule has 2 amide bonds. The number of carbonyl (C=O) groups excluding carboxylic acids is 6. The molecule has 0 aromatic heterocycles. The highest BCUT2D eigenvalue weighted by molar-refractivity contribution is 7.19. The third-order valence-electron chi connectivity index (χ3n) is 3.16. The standard InChI is InChI=1S/C16H22NO10P/c1-8(2)7-24-15(23)16(28)26-14(22)10(25-9(3)18)6-13(21)27-17-11(19)4-5-12(17)20/h8,10,16H,4-7,28H2,1-3H3/t10-,16-/m0/s1. The number of imide groups is 1. The van der Waals surface area contributed by atoms with Crippen molar-refractivity contribution in [2.45, 2.75) is 52.0 Å². The van der Waals surface area contributed by atoms with Crippen molar-refractivity contribution < 1.29 is 47.8 Å². The molecule has 3 atom stereocenters. The lowest BCUT2D eigenvalue weighted by atomic mass is 10.2. The van der Waals surface area contributed by atoms with Crippen LogP contribution in [0.1, 0.15) is 40.0 Å². The van der Waals surface area contributed by atoms with Gasteiger partial charge in [0.15, 0.2) is 0 Å². The number of nitrogens with zero attached hydrogens (tertiary/aromatic N) is 1. The minimum atomic E-state index is -1.74. The van der Waals surface area contributed by atoms with Crippen molar-refractivity contribution in [1.29, 1.82) is 0 Å². The molecule has 0 bridgehead atoms. The normalized spacial score (nSPS) is 15.8. The average Bonchev–Trinajstić information content (AvgIpc) is 2.90. The summed E-state index contributed by atoms with van der Waals surface area (Å²) in [6.07, 6.45) is -2.77. The predicted octanol–water partition coefficient (Wildman–Crippen LogP) is -0.141. The van der Waals surface area contributed by atoms with Crippen LogP contribution in [0.15, 0.2) is 0 Å². The molecule has 1 saturated heterocycles. The van der Waals surface area contributed by atoms with E-state index in [-0.39, 0.29) is 25.4 Å². The highest BCUT2D eigenvalue weighted by Gasteiger charge is 2.36. The molecule has 0 saturated carbocycles. The molecule has 156 valence electrons. The lowest BCUT2D eigenvalue weighted by molar-refractivity contribution is -0.200. The second-order valence-corrected chi connectivity index (χ2v) is 6.83. The zero-order valence-electron chi connectivity index (χ0n) is 15.7. The summed E-state index contributed by atoms with van der Waals surface area (Å²) in [5.74, 6) is -6.85. The molecule has 0 aromatic carbocycles. The van der Waals surface area contributed by atoms with E-state index in [9.17, 15) is 28.8 Å². The minimum absolute atomic E-state index is 0.0661. The maximum Gasteiger partial charge on any atom is 0.351 e. The fourth-order valence-electron chi connectivity index (χ4n) is 1.90. The Labute approximate surface area is 163 Å². The van der Waals surface area contributed by atoms with Crippen LogP contribution in [-0.2, 0) is 47.8 Å². The van der Waals surface area contributed by atoms with Crippen molar-refractivity contribution in [1.82, 2.24) is 5.06 Å². The summed E-state index contributed by atoms with van der Waals surface area (Å²) in [5.41, 5.74) is 0. The third-order valence-corrected chi connectivity index (χ3v) is 3.56. The molecule has 12 heteroatoms. The van der Waals surface area contributed by atoms with E-state index in [2.05, 4.69) is 4.84 Å². The van der Waals surface area contributed by atoms with Crippen LogP contribution >= 0.6 is 9.24 Å². The number of amides is 2. The van der Waals surface area contributed by atoms with E-state index in [1.54, 1.807) is 0 Å². The maximum atomic E-state index is 12.2. The van der Waals surface area contributed by atoms with Gasteiger partial charge in [0.1, 0.15) is 0 Å². The highest BCUT2D eigenvalue weighted by atomic mass is 31.0. The van der Waals surface area contributed by atoms with E-state index in [1.165, 1.54) is 0 Å². The number of rotatable bonds is 9. The molecule has 1 rings (SSSR count). The second-order valence-electron chi connectivity index (χ2n) is 6.23. The van der Waals surface area contributed by atoms with Gasteiger partial charge < -0.3 is 19.0 Å². The Morgan fingerprint density at radius 3 is 2.11 bits per heavy atom. The van der Waals surface area contributed by atoms with E-state index in [0.717, 1.165) is 6.92 Å². The fraction of sp³-hybridized carbons (Fsp3) is 0.625. The van der Waals surface area contributed by atoms with Crippen molar-refractivity contribution in [3.63, 3.8) is 0 Å². The molecule has 1 heterocycles. The van der Waals surface area contributed by atoms with E-state index in [4.69, 9.17) is 14.2 Å². The summed E-state index contributed by atoms with van der Waals surface area (Å²) in [5, 5.41) is 0.292. The smallest absolute Gasteiger partial charge is 0.351 e. The van der Waals surface area contributed by atoms with Crippen LogP contribution < -0.4 is 0 Å². The van der Waals surface area contributed by atoms with Crippen LogP contribution in [0, 0.1) is 5.92 Å². The van der Waals surface area contributed by atoms with E-state index >= 15 is 0 Å². The van der Waals surface area contributed by atoms with Gasteiger partial charge in [0, 0.05) is 19.8 Å². The first-order valence-corrected chi connectivity index (χ1v) is 9.04. The lowest BCUT2D eigenvalue weighted by Crippen LogP contribution is -2.38. The highest BCUT2D eigenvalue weighted by Crippen LogP contribution is 2.15. The Bertz CT molecular complexity index is 646. The Morgan fingerprint density at radius 1 is 1.04 bits per heavy atom. The summed E-state index contributed by atoms with van der Waals surface area (Å²) in [6.45, 7) is 4.73. The van der Waals surface area contributed by atoms with Crippen LogP contribution in [0.2, 0.25) is 0 Å². The first kappa shape index (κ1) is 23.5. The Kier molecular flexibility index (Phi) is 8.98. The lowest BCUT2D eigenvalue weighted by Gasteiger charge is -2.19. The van der Waals surface area contributed by atoms with Gasteiger partial charge in [0.2, 0.25) is 11.9 Å². The fourth-order valence-corrected chi connectivity index (χ4v) is 2.13. The topological polar surface area (TPSA) is 143 Å². The summed E-state index contributed by atoms with van der Waals surface area (Å²) < 4.78 is 14.5. The van der Waals surface area contributed by atoms with Crippen LogP contribution in [0.4, 0.5) is 0 Å². The van der Waals surface area contributed by atoms with E-state index < -0.39 is 54.1 Å². The quantitative estimate of drug-likeness (QED) is 0.214. The number of hydroxylamine groups is 2. The maximum absolute atomic E-state index is 12.2. The van der Waals surface area contributed by atoms with Crippen molar-refractivity contribution in [3.8, 4) is 0 Å². The van der Waals surface area contributed by atoms with E-state index in [1.807, 2.05) is 23.1 Å². The summed E-state index contributed by atoms with van der Waals surface area (Å²) in [6, 6.07) is 0. The van der Waals surface area contributed by atoms with E-state index in [0.29, 0.717) is 5.06 Å². The molecule has 0 radical (unpaired) electrons. The molecule has 1 aliphatic rings. The molecule has 28 heavy (non-hydrogen) atoms. The minimum Gasteiger partial charge on any atom is -0.462 e. The largest absolute Gasteiger partial charge is 0.462 e. The van der Waals surface area contributed by atoms with Crippen molar-refractivity contribution in [3.05, 3.63) is 0 Å². The van der Waals surface area contributed by atoms with Crippen molar-refractivity contribution >= 4 is 44.9 Å². The number of hydrogen-bond acceptors (Lipinski definition) is 10. The number of carbonyl (C=O) groups is 6. The number of ether oxygens (including phenoxy) is 3. The van der Waals surface area contributed by atoms with Crippen LogP contribution in [0.25, 0.3) is 0 Å². The van der Waals surface area contributed by atoms with Gasteiger partial charge in [0.25, 0.3) is 11.8 Å². The Hall–Kier alpha value is -2.55. The van der Waals surface area contributed by atoms with Crippen LogP contribution in [0.3, 0.4) is 0 Å². The summed E-state index contributed by atoms with van der Waals surface area (Å²) in [4.78, 5) is 74.5. The first-order valence-electron chi connectivity index (χ1n) is 8.37. The van der Waals surface area contributed by atoms with Gasteiger partial charge in [-0.05, 0) is 5.92 Å².